The van der Waals surface area contributed by atoms with E-state index in [0.717, 1.165) is 38.5 Å². The quantitative estimate of drug-likeness (QED) is 0.0453. The number of amides is 2. The topological polar surface area (TPSA) is 155 Å². The first kappa shape index (κ1) is 45.6. The number of nitrogens with two attached hydrogens (primary N) is 1. The van der Waals surface area contributed by atoms with Crippen molar-refractivity contribution in [3.05, 3.63) is 0 Å². The maximum absolute atomic E-state index is 13.5. The van der Waals surface area contributed by atoms with Crippen LogP contribution in [0.15, 0.2) is 0 Å². The minimum atomic E-state index is -1.46. The van der Waals surface area contributed by atoms with Crippen LogP contribution in [0.4, 0.5) is 4.79 Å². The molecule has 6 N–H and O–H groups in total. The average molecular weight is 700 g/mol. The largest absolute Gasteiger partial charge is 0.449 e. The normalized spacial score (nSPS) is 20.7. The summed E-state index contributed by atoms with van der Waals surface area (Å²) in [5, 5.41) is 33.8. The van der Waals surface area contributed by atoms with E-state index in [9.17, 15) is 24.9 Å². The lowest BCUT2D eigenvalue weighted by Gasteiger charge is -2.46. The van der Waals surface area contributed by atoms with E-state index < -0.39 is 49.2 Å². The molecule has 0 spiro atoms. The second kappa shape index (κ2) is 31.3. The molecule has 1 aliphatic rings. The number of carbonyl (C=O) groups is 2. The standard InChI is InChI=1S/C39H77N3O7/c1-3-5-7-9-11-13-15-16-17-18-19-20-22-24-26-28-30-48-39(47)42(29-27-25-23-21-14-12-10-8-6-4-2)38-35(41-34(44)31-40)37(46)36(45)33(32-43)49-38/h33,35-38,43,45-46H,3-32,40H2,1-2H3,(H,41,44)/t33-,35-,36+,37-,38-/m1/s1. The second-order valence-corrected chi connectivity index (χ2v) is 14.3. The number of aliphatic hydroxyl groups is 3. The number of nitrogens with one attached hydrogen (secondary N) is 1. The summed E-state index contributed by atoms with van der Waals surface area (Å²) in [6, 6.07) is -1.12. The molecule has 0 bridgehead atoms. The lowest BCUT2D eigenvalue weighted by Crippen LogP contribution is -2.69. The molecular weight excluding hydrogens is 622 g/mol. The first-order chi connectivity index (χ1) is 23.9. The molecule has 1 aliphatic heterocycles. The highest BCUT2D eigenvalue weighted by atomic mass is 16.6. The third kappa shape index (κ3) is 21.5. The van der Waals surface area contributed by atoms with E-state index in [2.05, 4.69) is 19.2 Å². The van der Waals surface area contributed by atoms with Crippen LogP contribution in [0.1, 0.15) is 181 Å². The molecule has 1 saturated heterocycles. The molecule has 2 amide bonds. The molecule has 10 heteroatoms. The monoisotopic (exact) mass is 700 g/mol. The summed E-state index contributed by atoms with van der Waals surface area (Å²) in [5.41, 5.74) is 5.51. The number of rotatable bonds is 32. The van der Waals surface area contributed by atoms with Gasteiger partial charge in [0, 0.05) is 6.54 Å². The van der Waals surface area contributed by atoms with Gasteiger partial charge in [0.2, 0.25) is 5.91 Å². The van der Waals surface area contributed by atoms with Gasteiger partial charge in [-0.25, -0.2) is 4.79 Å². The predicted octanol–water partition coefficient (Wildman–Crippen LogP) is 7.49. The molecule has 0 aromatic heterocycles. The van der Waals surface area contributed by atoms with Crippen molar-refractivity contribution in [3.63, 3.8) is 0 Å². The van der Waals surface area contributed by atoms with Gasteiger partial charge in [0.25, 0.3) is 0 Å². The Labute approximate surface area is 299 Å². The minimum Gasteiger partial charge on any atom is -0.449 e. The molecule has 0 aromatic carbocycles. The highest BCUT2D eigenvalue weighted by Crippen LogP contribution is 2.25. The summed E-state index contributed by atoms with van der Waals surface area (Å²) in [7, 11) is 0. The van der Waals surface area contributed by atoms with E-state index in [0.29, 0.717) is 13.0 Å². The van der Waals surface area contributed by atoms with Crippen LogP contribution >= 0.6 is 0 Å². The van der Waals surface area contributed by atoms with E-state index in [4.69, 9.17) is 15.2 Å². The van der Waals surface area contributed by atoms with Crippen molar-refractivity contribution in [2.45, 2.75) is 211 Å². The highest BCUT2D eigenvalue weighted by molar-refractivity contribution is 5.78. The Hall–Kier alpha value is -1.46. The zero-order chi connectivity index (χ0) is 36.0. The van der Waals surface area contributed by atoms with Gasteiger partial charge in [0.05, 0.1) is 19.8 Å². The summed E-state index contributed by atoms with van der Waals surface area (Å²) in [6.45, 7) is 4.19. The Morgan fingerprint density at radius 1 is 0.653 bits per heavy atom. The Morgan fingerprint density at radius 2 is 1.06 bits per heavy atom. The number of nitrogens with zero attached hydrogens (tertiary/aromatic N) is 1. The molecule has 49 heavy (non-hydrogen) atoms. The lowest BCUT2D eigenvalue weighted by molar-refractivity contribution is -0.226. The summed E-state index contributed by atoms with van der Waals surface area (Å²) in [5.74, 6) is -0.548. The van der Waals surface area contributed by atoms with Crippen LogP contribution in [0.5, 0.6) is 0 Å². The molecular formula is C39H77N3O7. The first-order valence-corrected chi connectivity index (χ1v) is 20.5. The van der Waals surface area contributed by atoms with Crippen molar-refractivity contribution in [1.82, 2.24) is 10.2 Å². The van der Waals surface area contributed by atoms with Gasteiger partial charge in [-0.3, -0.25) is 9.69 Å². The van der Waals surface area contributed by atoms with Gasteiger partial charge in [-0.1, -0.05) is 168 Å². The Kier molecular flexibility index (Phi) is 29.1. The maximum Gasteiger partial charge on any atom is 0.411 e. The van der Waals surface area contributed by atoms with E-state index in [1.807, 2.05) is 0 Å². The van der Waals surface area contributed by atoms with Crippen molar-refractivity contribution in [2.75, 3.05) is 26.3 Å². The molecule has 1 fully saturated rings. The zero-order valence-electron chi connectivity index (χ0n) is 31.6. The predicted molar refractivity (Wildman–Crippen MR) is 198 cm³/mol. The number of carbonyl (C=O) groups excluding carboxylic acids is 2. The average Bonchev–Trinajstić information content (AvgIpc) is 3.10. The molecule has 290 valence electrons. The van der Waals surface area contributed by atoms with Crippen LogP contribution in [0.25, 0.3) is 0 Å². The van der Waals surface area contributed by atoms with Crippen molar-refractivity contribution < 1.29 is 34.4 Å². The van der Waals surface area contributed by atoms with Gasteiger partial charge in [0.15, 0.2) is 6.23 Å². The van der Waals surface area contributed by atoms with Crippen molar-refractivity contribution in [2.24, 2.45) is 5.73 Å². The Bertz CT molecular complexity index is 790. The molecule has 10 nitrogen and oxygen atoms in total. The van der Waals surface area contributed by atoms with Crippen LogP contribution in [-0.4, -0.2) is 89.1 Å². The fourth-order valence-electron chi connectivity index (χ4n) is 6.75. The summed E-state index contributed by atoms with van der Waals surface area (Å²) >= 11 is 0. The van der Waals surface area contributed by atoms with E-state index in [-0.39, 0.29) is 13.2 Å². The van der Waals surface area contributed by atoms with Crippen molar-refractivity contribution in [3.8, 4) is 0 Å². The SMILES string of the molecule is CCCCCCCCCCCCCCCCCCOC(=O)N(CCCCCCCCCCCC)[C@@H]1O[C@H](CO)[C@H](O)[C@H](O)[C@H]1NC(=O)CN. The van der Waals surface area contributed by atoms with Crippen LogP contribution in [0.2, 0.25) is 0 Å². The molecule has 0 saturated carbocycles. The number of hydrogen-bond donors (Lipinski definition) is 5. The first-order valence-electron chi connectivity index (χ1n) is 20.5. The molecule has 0 aromatic rings. The molecule has 0 unspecified atom stereocenters. The van der Waals surface area contributed by atoms with Gasteiger partial charge in [-0.15, -0.1) is 0 Å². The zero-order valence-corrected chi connectivity index (χ0v) is 31.6. The molecule has 1 rings (SSSR count). The van der Waals surface area contributed by atoms with Gasteiger partial charge in [0.1, 0.15) is 24.4 Å². The smallest absolute Gasteiger partial charge is 0.411 e. The number of unbranched alkanes of at least 4 members (excludes halogenated alkanes) is 24. The lowest BCUT2D eigenvalue weighted by atomic mass is 9.95. The fraction of sp³-hybridized carbons (Fsp3) is 0.949. The molecule has 1 heterocycles. The Morgan fingerprint density at radius 3 is 1.47 bits per heavy atom. The van der Waals surface area contributed by atoms with Gasteiger partial charge in [-0.05, 0) is 12.8 Å². The van der Waals surface area contributed by atoms with Crippen molar-refractivity contribution >= 4 is 12.0 Å². The van der Waals surface area contributed by atoms with Gasteiger partial charge < -0.3 is 35.8 Å². The third-order valence-corrected chi connectivity index (χ3v) is 9.93. The number of hydrogen-bond acceptors (Lipinski definition) is 8. The summed E-state index contributed by atoms with van der Waals surface area (Å²) in [4.78, 5) is 27.1. The van der Waals surface area contributed by atoms with Crippen LogP contribution in [-0.2, 0) is 14.3 Å². The van der Waals surface area contributed by atoms with E-state index >= 15 is 0 Å². The highest BCUT2D eigenvalue weighted by Gasteiger charge is 2.48. The summed E-state index contributed by atoms with van der Waals surface area (Å²) < 4.78 is 11.6. The van der Waals surface area contributed by atoms with Gasteiger partial charge in [-0.2, -0.15) is 0 Å². The fourth-order valence-corrected chi connectivity index (χ4v) is 6.75. The minimum absolute atomic E-state index is 0.271. The van der Waals surface area contributed by atoms with Crippen LogP contribution < -0.4 is 11.1 Å². The van der Waals surface area contributed by atoms with E-state index in [1.165, 1.54) is 127 Å². The molecule has 0 radical (unpaired) electrons. The summed E-state index contributed by atoms with van der Waals surface area (Å²) in [6.07, 6.45) is 25.9. The Balaban J connectivity index is 2.50. The molecule has 5 atom stereocenters. The van der Waals surface area contributed by atoms with Gasteiger partial charge >= 0.3 is 6.09 Å². The van der Waals surface area contributed by atoms with Crippen LogP contribution in [0.3, 0.4) is 0 Å². The third-order valence-electron chi connectivity index (χ3n) is 9.93. The second-order valence-electron chi connectivity index (χ2n) is 14.3. The van der Waals surface area contributed by atoms with E-state index in [1.54, 1.807) is 0 Å². The van der Waals surface area contributed by atoms with Crippen LogP contribution in [0, 0.1) is 0 Å². The number of ether oxygens (including phenoxy) is 2. The van der Waals surface area contributed by atoms with Crippen molar-refractivity contribution in [1.29, 1.82) is 0 Å². The molecule has 0 aliphatic carbocycles. The number of aliphatic hydroxyl groups excluding tert-OH is 3. The maximum atomic E-state index is 13.5.